The monoisotopic (exact) mass is 1720 g/mol. The van der Waals surface area contributed by atoms with E-state index in [0.29, 0.717) is 53.0 Å². The van der Waals surface area contributed by atoms with Gasteiger partial charge in [-0.2, -0.15) is 5.10 Å². The summed E-state index contributed by atoms with van der Waals surface area (Å²) in [5.74, 6) is 3.58. The van der Waals surface area contributed by atoms with Crippen molar-refractivity contribution < 1.29 is 69.0 Å². The second-order valence-corrected chi connectivity index (χ2v) is 55.3. The number of ether oxygens (including phenoxy) is 5. The molecule has 626 valence electrons. The molecule has 2 amide bonds. The number of nitrogens with one attached hydrogen (secondary N) is 2. The summed E-state index contributed by atoms with van der Waals surface area (Å²) >= 11 is 3.53. The number of rotatable bonds is 21. The topological polar surface area (TPSA) is 414 Å². The van der Waals surface area contributed by atoms with E-state index < -0.39 is 102 Å². The Balaban J connectivity index is 0.000000219. The van der Waals surface area contributed by atoms with Crippen molar-refractivity contribution in [1.82, 2.24) is 35.2 Å². The minimum atomic E-state index is -1.25. The van der Waals surface area contributed by atoms with E-state index in [0.717, 1.165) is 62.1 Å². The van der Waals surface area contributed by atoms with Gasteiger partial charge in [0.05, 0.1) is 53.7 Å². The summed E-state index contributed by atoms with van der Waals surface area (Å²) in [6, 6.07) is -0.359. The summed E-state index contributed by atoms with van der Waals surface area (Å²) in [6.45, 7) is 39.9. The van der Waals surface area contributed by atoms with Crippen LogP contribution in [0.15, 0.2) is 153 Å². The molecule has 4 saturated heterocycles. The Morgan fingerprint density at radius 2 is 0.866 bits per heavy atom. The highest BCUT2D eigenvalue weighted by Crippen LogP contribution is 2.45. The molecule has 0 aromatic rings. The minimum Gasteiger partial charge on any atom is -0.390 e. The molecule has 112 heavy (non-hydrogen) atoms. The molecule has 0 aromatic heterocycles. The van der Waals surface area contributed by atoms with Gasteiger partial charge in [-0.05, 0) is 159 Å². The number of methoxy groups -OCH3 is 1. The summed E-state index contributed by atoms with van der Waals surface area (Å²) in [6.07, 6.45) is 37.1. The molecule has 9 heterocycles. The average molecular weight is 1720 g/mol. The number of alkyl halides is 1. The van der Waals surface area contributed by atoms with Crippen molar-refractivity contribution in [2.45, 2.75) is 162 Å². The Kier molecular flexibility index (Phi) is 34.3. The summed E-state index contributed by atoms with van der Waals surface area (Å²) in [5.41, 5.74) is 17.8. The molecule has 0 bridgehead atoms. The molecule has 15 N–H and O–H groups in total. The van der Waals surface area contributed by atoms with Gasteiger partial charge in [-0.15, -0.1) is 65.9 Å². The average Bonchev–Trinajstić information content (AvgIpc) is 1.68. The van der Waals surface area contributed by atoms with Gasteiger partial charge in [-0.1, -0.05) is 61.8 Å². The maximum atomic E-state index is 11.1. The summed E-state index contributed by atoms with van der Waals surface area (Å²) in [5, 5.41) is 82.9. The van der Waals surface area contributed by atoms with E-state index in [4.69, 9.17) is 40.9 Å². The maximum absolute atomic E-state index is 11.1. The fraction of sp³-hybridized carbons (Fsp3) is 0.566. The van der Waals surface area contributed by atoms with Gasteiger partial charge in [0.15, 0.2) is 24.5 Å². The van der Waals surface area contributed by atoms with E-state index >= 15 is 0 Å². The zero-order chi connectivity index (χ0) is 84.2. The number of aliphatic hydroxyl groups is 7. The Bertz CT molecular complexity index is 3980. The quantitative estimate of drug-likeness (QED) is 0.0421. The molecule has 9 aliphatic heterocycles. The van der Waals surface area contributed by atoms with Crippen molar-refractivity contribution in [3.8, 4) is 0 Å². The lowest BCUT2D eigenvalue weighted by molar-refractivity contribution is -0.118. The number of hydrogen-bond donors (Lipinski definition) is 12. The van der Waals surface area contributed by atoms with Crippen LogP contribution in [0.3, 0.4) is 0 Å². The standard InChI is InChI=1S/C17H28N3O4P.C15H25N4O4P.C15H26N3O2P.C15H24N3O2P.C14H23BrN3O2P/c1-11-18-14(19-12(2)21)7-9-20(11)17-16(23-3)15(22)13(24-17)8-10-25(4,5)6;1-9-17-12(18-10(2)20)8-16-19(9)15-14(22)13(21)11(23-15)6-7-24(3,4)5;1-10-14(19)12(7-9-21(3,4)5)20-15(10)18-8-6-13(16)17-11(18)2;1-10-17-13(16)5-7-18(10)12-9-11(14(19)15(12)20)6-8-21(2,3)4;1-9-17-11(16)5-7-18(9)14-12(15)13(19)10(20-14)6-8-21(2,3)4/h7,9,13,15-17,22H,1,4,8,10H2,2-3,5-6H3,(H,18,19,21);8,11,13-15,21-22H,1,3,6-7H2,2,4-5H3,(H,17,18,20);6,8,10,12,14-15,19H,2-3,7,9H2,1,4-5H3,(H2,16,17);5,7,9,12,14-15,19-20H,1-2,6,8H2,3-4H3,(H2,16,17);5,7,10,12-14,19H,1-2,6,8H2,3-4H3,(H2,16,17)/t13-,15-,16-,17-;11-,13-,14-,15-;10-,12-,14+,15-;12-,14-,15+;10-,12-,13-,14-/m11111/s1. The number of nitrogens with two attached hydrogens (primary N) is 3. The van der Waals surface area contributed by atoms with Crippen molar-refractivity contribution in [3.63, 3.8) is 0 Å². The number of aliphatic imine (C=N–C) groups is 5. The van der Waals surface area contributed by atoms with E-state index in [2.05, 4.69) is 188 Å². The molecule has 36 heteroatoms. The lowest BCUT2D eigenvalue weighted by Gasteiger charge is -2.32. The van der Waals surface area contributed by atoms with Crippen LogP contribution in [0.4, 0.5) is 0 Å². The largest absolute Gasteiger partial charge is 0.390 e. The van der Waals surface area contributed by atoms with E-state index in [1.165, 1.54) is 25.1 Å². The van der Waals surface area contributed by atoms with Crippen LogP contribution in [0.5, 0.6) is 0 Å². The van der Waals surface area contributed by atoms with Gasteiger partial charge in [-0.3, -0.25) is 9.59 Å². The van der Waals surface area contributed by atoms with Crippen LogP contribution in [-0.4, -0.2) is 353 Å². The van der Waals surface area contributed by atoms with Gasteiger partial charge >= 0.3 is 0 Å². The Hall–Kier alpha value is -5.74. The van der Waals surface area contributed by atoms with Crippen LogP contribution in [0.1, 0.15) is 52.9 Å². The Labute approximate surface area is 671 Å². The highest BCUT2D eigenvalue weighted by molar-refractivity contribution is 9.09. The second-order valence-electron chi connectivity index (χ2n) is 32.6. The number of carbonyl (C=O) groups excluding carboxylic acids is 2. The molecular weight excluding hydrogens is 1600 g/mol. The molecule has 19 atom stereocenters. The number of aliphatic hydroxyl groups excluding tert-OH is 7. The lowest BCUT2D eigenvalue weighted by Crippen LogP contribution is -2.43. The predicted molar refractivity (Wildman–Crippen MR) is 475 cm³/mol. The number of halogens is 1. The van der Waals surface area contributed by atoms with Crippen molar-refractivity contribution in [2.75, 3.05) is 105 Å². The van der Waals surface area contributed by atoms with Crippen molar-refractivity contribution >= 4 is 129 Å². The van der Waals surface area contributed by atoms with Crippen molar-refractivity contribution in [2.24, 2.45) is 53.2 Å². The number of carbonyl (C=O) groups is 2. The zero-order valence-electron chi connectivity index (χ0n) is 67.6. The van der Waals surface area contributed by atoms with E-state index in [-0.39, 0.29) is 71.0 Å². The Morgan fingerprint density at radius 1 is 0.491 bits per heavy atom. The molecule has 10 rings (SSSR count). The van der Waals surface area contributed by atoms with Crippen molar-refractivity contribution in [3.05, 3.63) is 123 Å². The third-order valence-electron chi connectivity index (χ3n) is 19.1. The Morgan fingerprint density at radius 3 is 1.30 bits per heavy atom. The van der Waals surface area contributed by atoms with E-state index in [1.54, 1.807) is 64.7 Å². The number of amides is 2. The molecule has 4 fully saturated rings. The van der Waals surface area contributed by atoms with Gasteiger partial charge in [0.2, 0.25) is 11.8 Å². The van der Waals surface area contributed by atoms with Crippen LogP contribution in [0, 0.1) is 5.92 Å². The van der Waals surface area contributed by atoms with Crippen LogP contribution >= 0.6 is 50.4 Å². The molecule has 0 radical (unpaired) electrons. The summed E-state index contributed by atoms with van der Waals surface area (Å²) in [4.78, 5) is 49.8. The van der Waals surface area contributed by atoms with E-state index in [1.807, 2.05) is 24.1 Å². The molecule has 1 aliphatic carbocycles. The molecule has 30 nitrogen and oxygen atoms in total. The zero-order valence-corrected chi connectivity index (χ0v) is 73.7. The molecule has 0 aromatic carbocycles. The van der Waals surface area contributed by atoms with Crippen LogP contribution < -0.4 is 27.8 Å². The van der Waals surface area contributed by atoms with E-state index in [9.17, 15) is 45.3 Å². The molecular formula is C76H126BrN16O14P5. The number of nitrogens with zero attached hydrogens (tertiary/aromatic N) is 11. The SMILES string of the molecule is C=C1N=C(N)C=CN1[C@@H]1C=C(CCP(=C)(C)C)[C@@H](O)[C@H]1O.C=C1N=C(N)C=CN1[C@@H]1O[C@H](CCP(=C)(C)C)[C@@H](O)[C@H]1Br.C=C1N=C(N)C=CN1[C@@H]1O[C@H](CCP(=C)(C)C)[C@@H](O)[C@H]1C.C=C1N=C(NC(C)=O)C=CN1[C@@H]1O[C@H](CCP(=C)(C)C)[C@@H](O)[C@H]1OC.C=C1N=C(NC(C)=O)C=NN1[C@@H]1O[C@H](CCP(=C)(C)C)[C@@H](O)[C@H]1O. The smallest absolute Gasteiger partial charge is 0.222 e. The lowest BCUT2D eigenvalue weighted by atomic mass is 10.00. The minimum absolute atomic E-state index is 0.0165. The van der Waals surface area contributed by atoms with Gasteiger partial charge in [-0.25, -0.2) is 30.0 Å². The second kappa shape index (κ2) is 40.4. The van der Waals surface area contributed by atoms with Crippen molar-refractivity contribution in [1.29, 1.82) is 0 Å². The van der Waals surface area contributed by atoms with Gasteiger partial charge in [0.1, 0.15) is 95.3 Å². The first-order chi connectivity index (χ1) is 51.8. The molecule has 10 aliphatic rings. The van der Waals surface area contributed by atoms with Gasteiger partial charge in [0, 0.05) is 51.7 Å². The van der Waals surface area contributed by atoms with Gasteiger partial charge in [0.25, 0.3) is 0 Å². The van der Waals surface area contributed by atoms with Crippen LogP contribution in [0.2, 0.25) is 0 Å². The fourth-order valence-electron chi connectivity index (χ4n) is 12.9. The molecule has 0 unspecified atom stereocenters. The third kappa shape index (κ3) is 28.0. The van der Waals surface area contributed by atoms with Crippen LogP contribution in [-0.2, 0) is 33.3 Å². The number of amidine groups is 5. The highest BCUT2D eigenvalue weighted by atomic mass is 79.9. The molecule has 0 saturated carbocycles. The summed E-state index contributed by atoms with van der Waals surface area (Å²) < 4.78 is 29.4. The normalized spacial score (nSPS) is 31.2. The summed E-state index contributed by atoms with van der Waals surface area (Å²) in [7, 11) is 1.55. The molecule has 0 spiro atoms. The predicted octanol–water partition coefficient (Wildman–Crippen LogP) is 4.69. The first kappa shape index (κ1) is 95.1. The first-order valence-corrected chi connectivity index (χ1v) is 53.0. The van der Waals surface area contributed by atoms with Gasteiger partial charge < -0.3 is 107 Å². The fourth-order valence-corrected chi connectivity index (χ4v) is 18.3. The highest BCUT2D eigenvalue weighted by Gasteiger charge is 2.50. The first-order valence-electron chi connectivity index (χ1n) is 36.8. The number of hydrazone groups is 1. The third-order valence-corrected chi connectivity index (χ3v) is 27.4. The van der Waals surface area contributed by atoms with Crippen LogP contribution in [0.25, 0.3) is 0 Å². The maximum Gasteiger partial charge on any atom is 0.222 e. The number of hydrogen-bond acceptors (Lipinski definition) is 28.